The van der Waals surface area contributed by atoms with E-state index in [1.807, 2.05) is 19.1 Å². The number of thiophene rings is 1. The Balaban J connectivity index is 1.52. The van der Waals surface area contributed by atoms with Crippen molar-refractivity contribution in [3.63, 3.8) is 0 Å². The minimum absolute atomic E-state index is 0.0184. The van der Waals surface area contributed by atoms with Crippen molar-refractivity contribution in [3.05, 3.63) is 65.6 Å². The Morgan fingerprint density at radius 2 is 1.97 bits per heavy atom. The van der Waals surface area contributed by atoms with Crippen molar-refractivity contribution in [2.24, 2.45) is 0 Å². The van der Waals surface area contributed by atoms with Gasteiger partial charge in [-0.3, -0.25) is 19.1 Å². The summed E-state index contributed by atoms with van der Waals surface area (Å²) >= 11 is 7.69. The van der Waals surface area contributed by atoms with Gasteiger partial charge in [-0.05, 0) is 43.9 Å². The number of fused-ring (bicyclic) bond motifs is 3. The van der Waals surface area contributed by atoms with Crippen LogP contribution < -0.4 is 11.2 Å². The van der Waals surface area contributed by atoms with Gasteiger partial charge in [0.1, 0.15) is 4.83 Å². The van der Waals surface area contributed by atoms with Crippen molar-refractivity contribution in [3.8, 4) is 0 Å². The molecule has 0 bridgehead atoms. The van der Waals surface area contributed by atoms with E-state index in [0.717, 1.165) is 48.1 Å². The number of halogens is 1. The van der Waals surface area contributed by atoms with Crippen molar-refractivity contribution in [1.29, 1.82) is 0 Å². The van der Waals surface area contributed by atoms with Crippen LogP contribution in [0.25, 0.3) is 10.2 Å². The molecule has 2 aromatic heterocycles. The zero-order chi connectivity index (χ0) is 21.7. The number of nitrogens with one attached hydrogen (secondary N) is 1. The zero-order valence-electron chi connectivity index (χ0n) is 17.4. The topological polar surface area (TPSA) is 75.2 Å². The summed E-state index contributed by atoms with van der Waals surface area (Å²) in [6, 6.07) is 5.42. The summed E-state index contributed by atoms with van der Waals surface area (Å²) in [5.74, 6) is -0.107. The number of amides is 1. The fourth-order valence-electron chi connectivity index (χ4n) is 4.91. The fraction of sp³-hybridized carbons (Fsp3) is 0.435. The number of rotatable bonds is 2. The minimum Gasteiger partial charge on any atom is -0.333 e. The predicted octanol–water partition coefficient (Wildman–Crippen LogP) is 4.42. The number of carbonyl (C=O) groups is 1. The number of H-pyrrole nitrogens is 1. The smallest absolute Gasteiger partial charge is 0.329 e. The molecule has 6 nitrogen and oxygen atoms in total. The first-order valence-corrected chi connectivity index (χ1v) is 12.0. The first kappa shape index (κ1) is 20.5. The summed E-state index contributed by atoms with van der Waals surface area (Å²) < 4.78 is 1.44. The SMILES string of the molecule is Cc1ccc(Cl)c(C(=O)N2CCc3c(sc4[nH]c(=O)n(C5CCCCC5)c(=O)c34)C2)c1. The number of nitrogens with zero attached hydrogens (tertiary/aromatic N) is 2. The minimum atomic E-state index is -0.317. The van der Waals surface area contributed by atoms with Crippen LogP contribution in [0.5, 0.6) is 0 Å². The Labute approximate surface area is 188 Å². The summed E-state index contributed by atoms with van der Waals surface area (Å²) in [4.78, 5) is 45.5. The zero-order valence-corrected chi connectivity index (χ0v) is 18.9. The van der Waals surface area contributed by atoms with Crippen LogP contribution in [0.2, 0.25) is 5.02 Å². The lowest BCUT2D eigenvalue weighted by atomic mass is 9.95. The molecule has 3 heterocycles. The highest BCUT2D eigenvalue weighted by molar-refractivity contribution is 7.18. The molecular weight excluding hydrogens is 434 g/mol. The highest BCUT2D eigenvalue weighted by atomic mass is 35.5. The average molecular weight is 458 g/mol. The van der Waals surface area contributed by atoms with E-state index in [-0.39, 0.29) is 23.2 Å². The van der Waals surface area contributed by atoms with Gasteiger partial charge in [-0.2, -0.15) is 0 Å². The second-order valence-electron chi connectivity index (χ2n) is 8.57. The molecular formula is C23H24ClN3O3S. The van der Waals surface area contributed by atoms with Gasteiger partial charge >= 0.3 is 5.69 Å². The van der Waals surface area contributed by atoms with Crippen LogP contribution in [-0.2, 0) is 13.0 Å². The normalized spacial score (nSPS) is 17.2. The molecule has 162 valence electrons. The third-order valence-corrected chi connectivity index (χ3v) is 7.97. The lowest BCUT2D eigenvalue weighted by Gasteiger charge is -2.27. The molecule has 8 heteroatoms. The fourth-order valence-corrected chi connectivity index (χ4v) is 6.35. The first-order valence-electron chi connectivity index (χ1n) is 10.8. The quantitative estimate of drug-likeness (QED) is 0.619. The van der Waals surface area contributed by atoms with Crippen LogP contribution in [0.1, 0.15) is 64.5 Å². The maximum Gasteiger partial charge on any atom is 0.329 e. The van der Waals surface area contributed by atoms with Crippen LogP contribution >= 0.6 is 22.9 Å². The monoisotopic (exact) mass is 457 g/mol. The van der Waals surface area contributed by atoms with Crippen LogP contribution in [-0.4, -0.2) is 26.9 Å². The van der Waals surface area contributed by atoms with Gasteiger partial charge in [0.15, 0.2) is 0 Å². The molecule has 2 aliphatic rings. The number of benzene rings is 1. The molecule has 0 atom stereocenters. The maximum atomic E-state index is 13.4. The standard InChI is InChI=1S/C23H24ClN3O3S/c1-13-7-8-17(24)16(11-13)21(28)26-10-9-15-18(12-26)31-20-19(15)22(29)27(23(30)25-20)14-5-3-2-4-6-14/h7-8,11,14H,2-6,9-10,12H2,1H3,(H,25,30). The Bertz CT molecular complexity index is 1300. The average Bonchev–Trinajstić information content (AvgIpc) is 3.13. The summed E-state index contributed by atoms with van der Waals surface area (Å²) in [6.45, 7) is 2.87. The second kappa shape index (κ2) is 7.95. The molecule has 1 amide bonds. The van der Waals surface area contributed by atoms with E-state index in [1.54, 1.807) is 11.0 Å². The molecule has 1 saturated carbocycles. The molecule has 0 spiro atoms. The first-order chi connectivity index (χ1) is 14.9. The van der Waals surface area contributed by atoms with Gasteiger partial charge in [0.2, 0.25) is 0 Å². The number of aromatic nitrogens is 2. The van der Waals surface area contributed by atoms with E-state index in [1.165, 1.54) is 15.9 Å². The van der Waals surface area contributed by atoms with Crippen molar-refractivity contribution in [2.75, 3.05) is 6.54 Å². The van der Waals surface area contributed by atoms with Crippen molar-refractivity contribution in [2.45, 2.75) is 58.0 Å². The summed E-state index contributed by atoms with van der Waals surface area (Å²) in [5.41, 5.74) is 1.96. The van der Waals surface area contributed by atoms with Gasteiger partial charge in [-0.15, -0.1) is 11.3 Å². The number of hydrogen-bond donors (Lipinski definition) is 1. The Hall–Kier alpha value is -2.38. The van der Waals surface area contributed by atoms with E-state index in [0.29, 0.717) is 40.3 Å². The largest absolute Gasteiger partial charge is 0.333 e. The molecule has 5 rings (SSSR count). The van der Waals surface area contributed by atoms with Gasteiger partial charge in [-0.1, -0.05) is 42.5 Å². The molecule has 1 N–H and O–H groups in total. The van der Waals surface area contributed by atoms with Crippen LogP contribution in [0.4, 0.5) is 0 Å². The molecule has 0 unspecified atom stereocenters. The molecule has 31 heavy (non-hydrogen) atoms. The lowest BCUT2D eigenvalue weighted by molar-refractivity contribution is 0.0737. The molecule has 1 fully saturated rings. The second-order valence-corrected chi connectivity index (χ2v) is 10.1. The third kappa shape index (κ3) is 3.53. The Morgan fingerprint density at radius 3 is 2.74 bits per heavy atom. The van der Waals surface area contributed by atoms with E-state index in [2.05, 4.69) is 4.98 Å². The van der Waals surface area contributed by atoms with Gasteiger partial charge in [0.25, 0.3) is 11.5 Å². The summed E-state index contributed by atoms with van der Waals surface area (Å²) in [6.07, 6.45) is 5.61. The number of carbonyl (C=O) groups excluding carboxylic acids is 1. The van der Waals surface area contributed by atoms with E-state index in [9.17, 15) is 14.4 Å². The van der Waals surface area contributed by atoms with Gasteiger partial charge in [0, 0.05) is 17.5 Å². The predicted molar refractivity (Wildman–Crippen MR) is 123 cm³/mol. The van der Waals surface area contributed by atoms with Crippen LogP contribution in [0.15, 0.2) is 27.8 Å². The van der Waals surface area contributed by atoms with Gasteiger partial charge in [0.05, 0.1) is 22.5 Å². The van der Waals surface area contributed by atoms with Crippen molar-refractivity contribution >= 4 is 39.1 Å². The molecule has 1 aromatic carbocycles. The summed E-state index contributed by atoms with van der Waals surface area (Å²) in [7, 11) is 0. The molecule has 0 radical (unpaired) electrons. The lowest BCUT2D eigenvalue weighted by Crippen LogP contribution is -2.39. The number of aromatic amines is 1. The Morgan fingerprint density at radius 1 is 1.19 bits per heavy atom. The van der Waals surface area contributed by atoms with E-state index < -0.39 is 0 Å². The van der Waals surface area contributed by atoms with Gasteiger partial charge < -0.3 is 4.90 Å². The van der Waals surface area contributed by atoms with Crippen LogP contribution in [0.3, 0.4) is 0 Å². The molecule has 0 saturated heterocycles. The Kier molecular flexibility index (Phi) is 5.26. The molecule has 1 aliphatic heterocycles. The van der Waals surface area contributed by atoms with E-state index >= 15 is 0 Å². The van der Waals surface area contributed by atoms with Crippen LogP contribution in [0, 0.1) is 6.92 Å². The summed E-state index contributed by atoms with van der Waals surface area (Å²) in [5, 5.41) is 1.07. The van der Waals surface area contributed by atoms with Gasteiger partial charge in [-0.25, -0.2) is 4.79 Å². The highest BCUT2D eigenvalue weighted by Gasteiger charge is 2.29. The van der Waals surface area contributed by atoms with Crippen molar-refractivity contribution in [1.82, 2.24) is 14.5 Å². The highest BCUT2D eigenvalue weighted by Crippen LogP contribution is 2.34. The number of aryl methyl sites for hydroxylation is 1. The number of hydrogen-bond acceptors (Lipinski definition) is 4. The van der Waals surface area contributed by atoms with Crippen molar-refractivity contribution < 1.29 is 4.79 Å². The molecule has 3 aromatic rings. The molecule has 1 aliphatic carbocycles. The van der Waals surface area contributed by atoms with E-state index in [4.69, 9.17) is 11.6 Å². The maximum absolute atomic E-state index is 13.4. The third-order valence-electron chi connectivity index (χ3n) is 6.51.